The van der Waals surface area contributed by atoms with Gasteiger partial charge in [0.2, 0.25) is 0 Å². The molecule has 1 atom stereocenters. The van der Waals surface area contributed by atoms with Gasteiger partial charge in [0.15, 0.2) is 11.6 Å². The van der Waals surface area contributed by atoms with Gasteiger partial charge in [-0.15, -0.1) is 0 Å². The molecular weight excluding hydrogens is 323 g/mol. The maximum absolute atomic E-state index is 14.4. The standard InChI is InChI=1S/C18H23FN4O2/c1-11(15-10-23(3)22-12(15)2)21-18(24)20-9-13-5-4-6-16(17(13)19)25-14-7-8-14/h4-6,10-11,14H,7-9H2,1-3H3,(H2,20,21,24). The summed E-state index contributed by atoms with van der Waals surface area (Å²) in [6.45, 7) is 3.87. The number of hydrogen-bond acceptors (Lipinski definition) is 3. The fraction of sp³-hybridized carbons (Fsp3) is 0.444. The highest BCUT2D eigenvalue weighted by Gasteiger charge is 2.25. The van der Waals surface area contributed by atoms with Crippen molar-refractivity contribution in [1.29, 1.82) is 0 Å². The van der Waals surface area contributed by atoms with Crippen LogP contribution < -0.4 is 15.4 Å². The zero-order chi connectivity index (χ0) is 18.0. The first-order valence-corrected chi connectivity index (χ1v) is 8.42. The van der Waals surface area contributed by atoms with Gasteiger partial charge in [-0.25, -0.2) is 9.18 Å². The minimum absolute atomic E-state index is 0.0955. The second-order valence-corrected chi connectivity index (χ2v) is 6.44. The van der Waals surface area contributed by atoms with Gasteiger partial charge in [0.05, 0.1) is 17.8 Å². The monoisotopic (exact) mass is 346 g/mol. The van der Waals surface area contributed by atoms with E-state index in [9.17, 15) is 9.18 Å². The van der Waals surface area contributed by atoms with Crippen molar-refractivity contribution < 1.29 is 13.9 Å². The van der Waals surface area contributed by atoms with Crippen molar-refractivity contribution in [2.45, 2.75) is 45.4 Å². The first kappa shape index (κ1) is 17.3. The third kappa shape index (κ3) is 4.29. The van der Waals surface area contributed by atoms with Crippen LogP contribution in [0, 0.1) is 12.7 Å². The Morgan fingerprint density at radius 1 is 1.48 bits per heavy atom. The molecule has 1 aromatic heterocycles. The Bertz CT molecular complexity index is 770. The van der Waals surface area contributed by atoms with Crippen molar-refractivity contribution in [3.63, 3.8) is 0 Å². The molecule has 1 aliphatic rings. The number of halogens is 1. The Morgan fingerprint density at radius 2 is 2.24 bits per heavy atom. The normalized spacial score (nSPS) is 14.9. The van der Waals surface area contributed by atoms with Gasteiger partial charge in [-0.1, -0.05) is 12.1 Å². The lowest BCUT2D eigenvalue weighted by molar-refractivity contribution is 0.237. The Hall–Kier alpha value is -2.57. The van der Waals surface area contributed by atoms with E-state index in [1.54, 1.807) is 22.9 Å². The second kappa shape index (κ2) is 7.13. The van der Waals surface area contributed by atoms with Crippen molar-refractivity contribution in [2.24, 2.45) is 7.05 Å². The van der Waals surface area contributed by atoms with Gasteiger partial charge in [0.25, 0.3) is 0 Å². The molecule has 2 N–H and O–H groups in total. The molecule has 1 fully saturated rings. The van der Waals surface area contributed by atoms with E-state index in [4.69, 9.17) is 4.74 Å². The SMILES string of the molecule is Cc1nn(C)cc1C(C)NC(=O)NCc1cccc(OC2CC2)c1F. The predicted molar refractivity (Wildman–Crippen MR) is 91.8 cm³/mol. The van der Waals surface area contributed by atoms with Gasteiger partial charge in [0.1, 0.15) is 0 Å². The van der Waals surface area contributed by atoms with Crippen LogP contribution in [0.4, 0.5) is 9.18 Å². The van der Waals surface area contributed by atoms with E-state index in [0.717, 1.165) is 24.1 Å². The lowest BCUT2D eigenvalue weighted by Gasteiger charge is -2.15. The third-order valence-electron chi connectivity index (χ3n) is 4.17. The minimum atomic E-state index is -0.411. The van der Waals surface area contributed by atoms with E-state index in [-0.39, 0.29) is 30.5 Å². The van der Waals surface area contributed by atoms with Crippen LogP contribution in [0.1, 0.15) is 42.6 Å². The van der Waals surface area contributed by atoms with Gasteiger partial charge < -0.3 is 15.4 Å². The van der Waals surface area contributed by atoms with Crippen LogP contribution in [0.2, 0.25) is 0 Å². The molecule has 1 saturated carbocycles. The number of ether oxygens (including phenoxy) is 1. The summed E-state index contributed by atoms with van der Waals surface area (Å²) in [7, 11) is 1.84. The zero-order valence-corrected chi connectivity index (χ0v) is 14.7. The molecule has 0 spiro atoms. The molecule has 0 aliphatic heterocycles. The average Bonchev–Trinajstić information content (AvgIpc) is 3.30. The highest BCUT2D eigenvalue weighted by molar-refractivity contribution is 5.74. The van der Waals surface area contributed by atoms with E-state index in [0.29, 0.717) is 5.56 Å². The van der Waals surface area contributed by atoms with Gasteiger partial charge >= 0.3 is 6.03 Å². The highest BCUT2D eigenvalue weighted by atomic mass is 19.1. The van der Waals surface area contributed by atoms with Crippen molar-refractivity contribution in [3.8, 4) is 5.75 Å². The summed E-state index contributed by atoms with van der Waals surface area (Å²) in [6.07, 6.45) is 3.94. The number of carbonyl (C=O) groups excluding carboxylic acids is 1. The number of hydrogen-bond donors (Lipinski definition) is 2. The first-order chi connectivity index (χ1) is 11.9. The zero-order valence-electron chi connectivity index (χ0n) is 14.7. The fourth-order valence-corrected chi connectivity index (χ4v) is 2.69. The van der Waals surface area contributed by atoms with Gasteiger partial charge in [-0.3, -0.25) is 4.68 Å². The van der Waals surface area contributed by atoms with Crippen molar-refractivity contribution >= 4 is 6.03 Å². The van der Waals surface area contributed by atoms with E-state index in [1.165, 1.54) is 0 Å². The Kier molecular flexibility index (Phi) is 4.92. The van der Waals surface area contributed by atoms with E-state index >= 15 is 0 Å². The molecule has 1 aliphatic carbocycles. The molecule has 2 aromatic rings. The minimum Gasteiger partial charge on any atom is -0.487 e. The lowest BCUT2D eigenvalue weighted by Crippen LogP contribution is -2.36. The van der Waals surface area contributed by atoms with Gasteiger partial charge in [-0.2, -0.15) is 5.10 Å². The number of rotatable bonds is 6. The number of carbonyl (C=O) groups is 1. The molecule has 0 saturated heterocycles. The summed E-state index contributed by atoms with van der Waals surface area (Å²) >= 11 is 0. The maximum Gasteiger partial charge on any atom is 0.315 e. The number of amides is 2. The fourth-order valence-electron chi connectivity index (χ4n) is 2.69. The topological polar surface area (TPSA) is 68.2 Å². The number of aryl methyl sites for hydroxylation is 2. The number of benzene rings is 1. The molecule has 2 amide bonds. The summed E-state index contributed by atoms with van der Waals surface area (Å²) in [5.74, 6) is -0.160. The number of nitrogens with zero attached hydrogens (tertiary/aromatic N) is 2. The largest absolute Gasteiger partial charge is 0.487 e. The van der Waals surface area contributed by atoms with Crippen LogP contribution >= 0.6 is 0 Å². The summed E-state index contributed by atoms with van der Waals surface area (Å²) in [5.41, 5.74) is 2.22. The van der Waals surface area contributed by atoms with E-state index in [2.05, 4.69) is 15.7 Å². The van der Waals surface area contributed by atoms with Gasteiger partial charge in [-0.05, 0) is 32.8 Å². The first-order valence-electron chi connectivity index (χ1n) is 8.42. The Morgan fingerprint density at radius 3 is 2.88 bits per heavy atom. The van der Waals surface area contributed by atoms with Crippen molar-refractivity contribution in [1.82, 2.24) is 20.4 Å². The van der Waals surface area contributed by atoms with E-state index < -0.39 is 5.82 Å². The third-order valence-corrected chi connectivity index (χ3v) is 4.17. The summed E-state index contributed by atoms with van der Waals surface area (Å²) < 4.78 is 21.6. The smallest absolute Gasteiger partial charge is 0.315 e. The van der Waals surface area contributed by atoms with Crippen molar-refractivity contribution in [3.05, 3.63) is 47.0 Å². The maximum atomic E-state index is 14.4. The predicted octanol–water partition coefficient (Wildman–Crippen LogP) is 2.97. The molecular formula is C18H23FN4O2. The number of aromatic nitrogens is 2. The highest BCUT2D eigenvalue weighted by Crippen LogP contribution is 2.29. The van der Waals surface area contributed by atoms with Crippen LogP contribution in [0.25, 0.3) is 0 Å². The lowest BCUT2D eigenvalue weighted by atomic mass is 10.1. The quantitative estimate of drug-likeness (QED) is 0.845. The van der Waals surface area contributed by atoms with E-state index in [1.807, 2.05) is 27.1 Å². The van der Waals surface area contributed by atoms with Crippen LogP contribution in [-0.2, 0) is 13.6 Å². The summed E-state index contributed by atoms with van der Waals surface area (Å²) in [5, 5.41) is 9.79. The molecule has 25 heavy (non-hydrogen) atoms. The molecule has 3 rings (SSSR count). The molecule has 6 nitrogen and oxygen atoms in total. The summed E-state index contributed by atoms with van der Waals surface area (Å²) in [6, 6.07) is 4.44. The average molecular weight is 346 g/mol. The molecule has 1 unspecified atom stereocenters. The van der Waals surface area contributed by atoms with Crippen LogP contribution in [-0.4, -0.2) is 21.9 Å². The van der Waals surface area contributed by atoms with Crippen LogP contribution in [0.5, 0.6) is 5.75 Å². The molecule has 134 valence electrons. The number of nitrogens with one attached hydrogen (secondary N) is 2. The molecule has 7 heteroatoms. The van der Waals surface area contributed by atoms with Gasteiger partial charge in [0, 0.05) is 30.9 Å². The van der Waals surface area contributed by atoms with Crippen molar-refractivity contribution in [2.75, 3.05) is 0 Å². The molecule has 0 radical (unpaired) electrons. The summed E-state index contributed by atoms with van der Waals surface area (Å²) in [4.78, 5) is 12.1. The van der Waals surface area contributed by atoms with Crippen LogP contribution in [0.3, 0.4) is 0 Å². The molecule has 1 aromatic carbocycles. The van der Waals surface area contributed by atoms with Crippen LogP contribution in [0.15, 0.2) is 24.4 Å². The Balaban J connectivity index is 1.56. The molecule has 0 bridgehead atoms. The molecule has 1 heterocycles. The number of urea groups is 1. The second-order valence-electron chi connectivity index (χ2n) is 6.44. The Labute approximate surface area is 146 Å².